The smallest absolute Gasteiger partial charge is 0.329 e. The first-order valence-electron chi connectivity index (χ1n) is 9.06. The predicted molar refractivity (Wildman–Crippen MR) is 115 cm³/mol. The van der Waals surface area contributed by atoms with Crippen LogP contribution in [0.15, 0.2) is 58.7 Å². The highest BCUT2D eigenvalue weighted by molar-refractivity contribution is 9.10. The maximum atomic E-state index is 12.3. The number of nitrogens with one attached hydrogen (secondary N) is 2. The molecule has 1 aliphatic rings. The van der Waals surface area contributed by atoms with Gasteiger partial charge in [0.05, 0.1) is 11.6 Å². The van der Waals surface area contributed by atoms with E-state index in [4.69, 9.17) is 4.74 Å². The van der Waals surface area contributed by atoms with E-state index in [-0.39, 0.29) is 18.2 Å². The molecule has 1 saturated heterocycles. The van der Waals surface area contributed by atoms with Crippen molar-refractivity contribution in [2.75, 3.05) is 25.6 Å². The first-order chi connectivity index (χ1) is 14.9. The van der Waals surface area contributed by atoms with E-state index in [0.717, 1.165) is 4.90 Å². The molecule has 3 rings (SSSR count). The molecule has 0 aromatic heterocycles. The summed E-state index contributed by atoms with van der Waals surface area (Å²) in [7, 11) is 1.17. The van der Waals surface area contributed by atoms with Gasteiger partial charge in [0, 0.05) is 5.69 Å². The average molecular weight is 488 g/mol. The van der Waals surface area contributed by atoms with Crippen LogP contribution in [-0.2, 0) is 19.1 Å². The highest BCUT2D eigenvalue weighted by Crippen LogP contribution is 2.27. The van der Waals surface area contributed by atoms with Gasteiger partial charge in [-0.25, -0.2) is 9.69 Å². The summed E-state index contributed by atoms with van der Waals surface area (Å²) in [5.41, 5.74) is 1.29. The van der Waals surface area contributed by atoms with Crippen molar-refractivity contribution in [3.05, 3.63) is 64.3 Å². The molecule has 2 aromatic carbocycles. The number of hydrogen-bond donors (Lipinski definition) is 2. The zero-order valence-corrected chi connectivity index (χ0v) is 18.0. The van der Waals surface area contributed by atoms with Crippen molar-refractivity contribution in [2.24, 2.45) is 0 Å². The summed E-state index contributed by atoms with van der Waals surface area (Å²) in [6, 6.07) is 13.3. The van der Waals surface area contributed by atoms with Gasteiger partial charge in [-0.15, -0.1) is 0 Å². The van der Waals surface area contributed by atoms with Crippen molar-refractivity contribution in [3.63, 3.8) is 0 Å². The zero-order chi connectivity index (χ0) is 22.4. The number of amides is 4. The number of nitrogens with zero attached hydrogens (tertiary/aromatic N) is 1. The summed E-state index contributed by atoms with van der Waals surface area (Å²) in [5.74, 6) is -1.22. The standard InChI is InChI=1S/C21H18BrN3O6/c1-30-19(27)11-25-20(28)16(24-21(25)29)10-13-7-8-17(15(22)9-13)31-12-18(26)23-14-5-3-2-4-6-14/h2-10H,11-12H2,1H3,(H,23,26)(H,24,29)/b16-10+. The zero-order valence-electron chi connectivity index (χ0n) is 16.4. The summed E-state index contributed by atoms with van der Waals surface area (Å²) in [6.07, 6.45) is 1.47. The van der Waals surface area contributed by atoms with Crippen molar-refractivity contribution in [1.82, 2.24) is 10.2 Å². The molecule has 31 heavy (non-hydrogen) atoms. The predicted octanol–water partition coefficient (Wildman–Crippen LogP) is 2.53. The first kappa shape index (κ1) is 22.0. The lowest BCUT2D eigenvalue weighted by atomic mass is 10.2. The molecular weight excluding hydrogens is 470 g/mol. The maximum Gasteiger partial charge on any atom is 0.329 e. The van der Waals surface area contributed by atoms with E-state index in [2.05, 4.69) is 31.3 Å². The van der Waals surface area contributed by atoms with Crippen LogP contribution >= 0.6 is 15.9 Å². The second-order valence-corrected chi connectivity index (χ2v) is 7.20. The first-order valence-corrected chi connectivity index (χ1v) is 9.85. The van der Waals surface area contributed by atoms with Crippen LogP contribution in [0, 0.1) is 0 Å². The average Bonchev–Trinajstić information content (AvgIpc) is 3.01. The molecule has 160 valence electrons. The molecule has 1 heterocycles. The van der Waals surface area contributed by atoms with E-state index < -0.39 is 24.5 Å². The molecular formula is C21H18BrN3O6. The lowest BCUT2D eigenvalue weighted by Crippen LogP contribution is -2.36. The minimum atomic E-state index is -0.704. The third kappa shape index (κ3) is 5.70. The van der Waals surface area contributed by atoms with Gasteiger partial charge < -0.3 is 20.1 Å². The molecule has 0 saturated carbocycles. The molecule has 1 aliphatic heterocycles. The van der Waals surface area contributed by atoms with E-state index >= 15 is 0 Å². The van der Waals surface area contributed by atoms with Gasteiger partial charge in [0.2, 0.25) is 0 Å². The Bertz CT molecular complexity index is 1050. The van der Waals surface area contributed by atoms with Gasteiger partial charge in [-0.1, -0.05) is 24.3 Å². The number of para-hydroxylation sites is 1. The molecule has 10 heteroatoms. The highest BCUT2D eigenvalue weighted by Gasteiger charge is 2.35. The van der Waals surface area contributed by atoms with Crippen LogP contribution in [0.3, 0.4) is 0 Å². The van der Waals surface area contributed by atoms with Crippen LogP contribution in [0.25, 0.3) is 6.08 Å². The third-order valence-corrected chi connectivity index (χ3v) is 4.78. The number of benzene rings is 2. The molecule has 4 amide bonds. The van der Waals surface area contributed by atoms with Gasteiger partial charge in [0.25, 0.3) is 11.8 Å². The molecule has 2 aromatic rings. The molecule has 0 unspecified atom stereocenters. The normalized spacial score (nSPS) is 14.4. The summed E-state index contributed by atoms with van der Waals surface area (Å²) >= 11 is 3.36. The second kappa shape index (κ2) is 9.90. The molecule has 0 atom stereocenters. The largest absolute Gasteiger partial charge is 0.483 e. The number of rotatable bonds is 7. The van der Waals surface area contributed by atoms with Gasteiger partial charge in [0.1, 0.15) is 18.0 Å². The molecule has 0 spiro atoms. The summed E-state index contributed by atoms with van der Waals surface area (Å²) in [4.78, 5) is 48.4. The number of esters is 1. The summed E-state index contributed by atoms with van der Waals surface area (Å²) in [6.45, 7) is -0.662. The number of imide groups is 1. The van der Waals surface area contributed by atoms with Gasteiger partial charge in [-0.3, -0.25) is 14.4 Å². The highest BCUT2D eigenvalue weighted by atomic mass is 79.9. The van der Waals surface area contributed by atoms with E-state index in [1.54, 1.807) is 30.3 Å². The molecule has 0 bridgehead atoms. The number of urea groups is 1. The Morgan fingerprint density at radius 2 is 1.90 bits per heavy atom. The van der Waals surface area contributed by atoms with Crippen LogP contribution in [0.5, 0.6) is 5.75 Å². The number of halogens is 1. The lowest BCUT2D eigenvalue weighted by molar-refractivity contribution is -0.143. The number of anilines is 1. The second-order valence-electron chi connectivity index (χ2n) is 6.35. The Kier molecular flexibility index (Phi) is 7.03. The molecule has 0 radical (unpaired) electrons. The van der Waals surface area contributed by atoms with Gasteiger partial charge >= 0.3 is 12.0 Å². The van der Waals surface area contributed by atoms with E-state index in [9.17, 15) is 19.2 Å². The lowest BCUT2D eigenvalue weighted by Gasteiger charge is -2.10. The van der Waals surface area contributed by atoms with Gasteiger partial charge in [-0.05, 0) is 51.8 Å². The number of hydrogen-bond acceptors (Lipinski definition) is 6. The summed E-state index contributed by atoms with van der Waals surface area (Å²) in [5, 5.41) is 5.14. The Labute approximate surface area is 186 Å². The van der Waals surface area contributed by atoms with Crippen LogP contribution in [-0.4, -0.2) is 49.0 Å². The van der Waals surface area contributed by atoms with Gasteiger partial charge in [-0.2, -0.15) is 0 Å². The molecule has 9 nitrogen and oxygen atoms in total. The fourth-order valence-corrected chi connectivity index (χ4v) is 3.17. The van der Waals surface area contributed by atoms with Crippen molar-refractivity contribution >= 4 is 51.5 Å². The Morgan fingerprint density at radius 1 is 1.16 bits per heavy atom. The van der Waals surface area contributed by atoms with Crippen LogP contribution in [0.4, 0.5) is 10.5 Å². The number of methoxy groups -OCH3 is 1. The number of ether oxygens (including phenoxy) is 2. The fraction of sp³-hybridized carbons (Fsp3) is 0.143. The summed E-state index contributed by atoms with van der Waals surface area (Å²) < 4.78 is 10.6. The van der Waals surface area contributed by atoms with Crippen molar-refractivity contribution < 1.29 is 28.7 Å². The fourth-order valence-electron chi connectivity index (χ4n) is 2.66. The Balaban J connectivity index is 1.63. The van der Waals surface area contributed by atoms with E-state index in [1.807, 2.05) is 18.2 Å². The minimum Gasteiger partial charge on any atom is -0.483 e. The van der Waals surface area contributed by atoms with Crippen molar-refractivity contribution in [3.8, 4) is 5.75 Å². The van der Waals surface area contributed by atoms with Gasteiger partial charge in [0.15, 0.2) is 6.61 Å². The minimum absolute atomic E-state index is 0.0247. The van der Waals surface area contributed by atoms with Crippen molar-refractivity contribution in [2.45, 2.75) is 0 Å². The van der Waals surface area contributed by atoms with Crippen LogP contribution in [0.1, 0.15) is 5.56 Å². The number of carbonyl (C=O) groups excluding carboxylic acids is 4. The Morgan fingerprint density at radius 3 is 2.58 bits per heavy atom. The third-order valence-electron chi connectivity index (χ3n) is 4.16. The molecule has 1 fully saturated rings. The quantitative estimate of drug-likeness (QED) is 0.352. The van der Waals surface area contributed by atoms with E-state index in [1.165, 1.54) is 13.2 Å². The SMILES string of the molecule is COC(=O)CN1C(=O)N/C(=C/c2ccc(OCC(=O)Nc3ccccc3)c(Br)c2)C1=O. The maximum absolute atomic E-state index is 12.3. The molecule has 0 aliphatic carbocycles. The molecule has 2 N–H and O–H groups in total. The monoisotopic (exact) mass is 487 g/mol. The number of carbonyl (C=O) groups is 4. The Hall–Kier alpha value is -3.66. The van der Waals surface area contributed by atoms with Crippen LogP contribution < -0.4 is 15.4 Å². The van der Waals surface area contributed by atoms with E-state index in [0.29, 0.717) is 21.5 Å². The van der Waals surface area contributed by atoms with Crippen molar-refractivity contribution in [1.29, 1.82) is 0 Å². The van der Waals surface area contributed by atoms with Crippen LogP contribution in [0.2, 0.25) is 0 Å². The topological polar surface area (TPSA) is 114 Å².